The Morgan fingerprint density at radius 1 is 1.19 bits per heavy atom. The van der Waals surface area contributed by atoms with Crippen LogP contribution in [0.2, 0.25) is 0 Å². The minimum Gasteiger partial charge on any atom is -0.442 e. The molecule has 0 aliphatic heterocycles. The molecular formula is C18H23NO2. The lowest BCUT2D eigenvalue weighted by Crippen LogP contribution is -2.38. The molecule has 0 spiro atoms. The van der Waals surface area contributed by atoms with E-state index < -0.39 is 5.60 Å². The highest BCUT2D eigenvalue weighted by molar-refractivity contribution is 5.30. The maximum absolute atomic E-state index is 11.5. The lowest BCUT2D eigenvalue weighted by molar-refractivity contribution is -0.0238. The van der Waals surface area contributed by atoms with Gasteiger partial charge in [-0.1, -0.05) is 56.5 Å². The van der Waals surface area contributed by atoms with Crippen molar-refractivity contribution >= 4 is 0 Å². The second-order valence-corrected chi connectivity index (χ2v) is 5.95. The molecule has 1 atom stereocenters. The van der Waals surface area contributed by atoms with Crippen molar-refractivity contribution in [2.45, 2.75) is 51.0 Å². The van der Waals surface area contributed by atoms with E-state index in [1.54, 1.807) is 6.20 Å². The lowest BCUT2D eigenvalue weighted by atomic mass is 9.73. The number of hydrogen-bond donors (Lipinski definition) is 1. The Balaban J connectivity index is 2.05. The first-order chi connectivity index (χ1) is 10.2. The second-order valence-electron chi connectivity index (χ2n) is 5.95. The van der Waals surface area contributed by atoms with Gasteiger partial charge in [-0.15, -0.1) is 0 Å². The fourth-order valence-corrected chi connectivity index (χ4v) is 3.39. The first-order valence-corrected chi connectivity index (χ1v) is 7.98. The van der Waals surface area contributed by atoms with Crippen molar-refractivity contribution in [3.8, 4) is 0 Å². The summed E-state index contributed by atoms with van der Waals surface area (Å²) in [7, 11) is 0. The summed E-state index contributed by atoms with van der Waals surface area (Å²) in [4.78, 5) is 4.39. The molecule has 1 aliphatic carbocycles. The molecular weight excluding hydrogens is 262 g/mol. The Morgan fingerprint density at radius 2 is 1.90 bits per heavy atom. The number of rotatable bonds is 4. The van der Waals surface area contributed by atoms with Crippen LogP contribution in [-0.2, 0) is 12.0 Å². The van der Waals surface area contributed by atoms with Gasteiger partial charge in [-0.3, -0.25) is 0 Å². The quantitative estimate of drug-likeness (QED) is 0.921. The summed E-state index contributed by atoms with van der Waals surface area (Å²) in [6.07, 6.45) is 8.18. The van der Waals surface area contributed by atoms with E-state index in [9.17, 15) is 5.11 Å². The number of oxazole rings is 1. The molecule has 3 rings (SSSR count). The molecule has 3 nitrogen and oxygen atoms in total. The van der Waals surface area contributed by atoms with Crippen LogP contribution in [0.15, 0.2) is 40.9 Å². The Hall–Kier alpha value is -1.61. The van der Waals surface area contributed by atoms with Gasteiger partial charge in [0.2, 0.25) is 5.89 Å². The lowest BCUT2D eigenvalue weighted by Gasteiger charge is -2.36. The normalized spacial score (nSPS) is 19.3. The fourth-order valence-electron chi connectivity index (χ4n) is 3.39. The van der Waals surface area contributed by atoms with Crippen molar-refractivity contribution < 1.29 is 9.52 Å². The molecule has 1 unspecified atom stereocenters. The molecule has 1 N–H and O–H groups in total. The monoisotopic (exact) mass is 285 g/mol. The Morgan fingerprint density at radius 3 is 2.52 bits per heavy atom. The molecule has 0 bridgehead atoms. The molecule has 0 amide bonds. The van der Waals surface area contributed by atoms with Gasteiger partial charge in [-0.05, 0) is 18.4 Å². The van der Waals surface area contributed by atoms with Crippen LogP contribution >= 0.6 is 0 Å². The number of hydrogen-bond acceptors (Lipinski definition) is 3. The summed E-state index contributed by atoms with van der Waals surface area (Å²) in [5.41, 5.74) is -0.212. The Kier molecular flexibility index (Phi) is 4.11. The van der Waals surface area contributed by atoms with Crippen LogP contribution < -0.4 is 0 Å². The zero-order valence-corrected chi connectivity index (χ0v) is 12.6. The molecule has 0 radical (unpaired) electrons. The molecule has 3 heteroatoms. The van der Waals surface area contributed by atoms with Crippen molar-refractivity contribution in [3.05, 3.63) is 53.7 Å². The van der Waals surface area contributed by atoms with Crippen molar-refractivity contribution in [2.24, 2.45) is 5.92 Å². The molecule has 21 heavy (non-hydrogen) atoms. The molecule has 0 saturated heterocycles. The number of nitrogens with zero attached hydrogens (tertiary/aromatic N) is 1. The summed E-state index contributed by atoms with van der Waals surface area (Å²) >= 11 is 0. The predicted octanol–water partition coefficient (Wildman–Crippen LogP) is 4.05. The maximum atomic E-state index is 11.5. The van der Waals surface area contributed by atoms with Crippen molar-refractivity contribution in [3.63, 3.8) is 0 Å². The molecule has 2 aromatic rings. The third kappa shape index (κ3) is 2.62. The van der Waals surface area contributed by atoms with Crippen LogP contribution in [0.5, 0.6) is 0 Å². The third-order valence-corrected chi connectivity index (χ3v) is 4.64. The number of aliphatic hydroxyl groups is 1. The molecule has 1 aliphatic rings. The number of benzene rings is 1. The highest BCUT2D eigenvalue weighted by Gasteiger charge is 2.44. The number of aryl methyl sites for hydroxylation is 1. The largest absolute Gasteiger partial charge is 0.442 e. The third-order valence-electron chi connectivity index (χ3n) is 4.64. The standard InChI is InChI=1S/C18H23NO2/c1-2-16-13-19-17(21-16)18(20,14-9-5-3-6-10-14)15-11-7-4-8-12-15/h3,5-6,9-10,13,15,20H,2,4,7-8,11-12H2,1H3. The van der Waals surface area contributed by atoms with Crippen LogP contribution in [0.4, 0.5) is 0 Å². The van der Waals surface area contributed by atoms with Gasteiger partial charge in [0.1, 0.15) is 5.76 Å². The summed E-state index contributed by atoms with van der Waals surface area (Å²) < 4.78 is 5.84. The van der Waals surface area contributed by atoms with Crippen LogP contribution in [0.3, 0.4) is 0 Å². The van der Waals surface area contributed by atoms with E-state index >= 15 is 0 Å². The minimum absolute atomic E-state index is 0.178. The van der Waals surface area contributed by atoms with Crippen molar-refractivity contribution in [2.75, 3.05) is 0 Å². The van der Waals surface area contributed by atoms with Gasteiger partial charge in [0.15, 0.2) is 5.60 Å². The highest BCUT2D eigenvalue weighted by atomic mass is 16.4. The van der Waals surface area contributed by atoms with Gasteiger partial charge in [-0.25, -0.2) is 4.98 Å². The van der Waals surface area contributed by atoms with E-state index in [1.807, 2.05) is 37.3 Å². The van der Waals surface area contributed by atoms with Crippen LogP contribution in [-0.4, -0.2) is 10.1 Å². The van der Waals surface area contributed by atoms with Gasteiger partial charge in [0.25, 0.3) is 0 Å². The second kappa shape index (κ2) is 6.02. The van der Waals surface area contributed by atoms with Crippen LogP contribution in [0.1, 0.15) is 56.2 Å². The molecule has 1 heterocycles. The van der Waals surface area contributed by atoms with E-state index in [1.165, 1.54) is 19.3 Å². The zero-order chi connectivity index (χ0) is 14.7. The van der Waals surface area contributed by atoms with Gasteiger partial charge in [0, 0.05) is 12.3 Å². The van der Waals surface area contributed by atoms with Crippen LogP contribution in [0.25, 0.3) is 0 Å². The van der Waals surface area contributed by atoms with Gasteiger partial charge in [-0.2, -0.15) is 0 Å². The Bertz CT molecular complexity index is 572. The van der Waals surface area contributed by atoms with E-state index in [4.69, 9.17) is 4.42 Å². The smallest absolute Gasteiger partial charge is 0.231 e. The topological polar surface area (TPSA) is 46.3 Å². The predicted molar refractivity (Wildman–Crippen MR) is 81.9 cm³/mol. The SMILES string of the molecule is CCc1cnc(C(O)(c2ccccc2)C2CCCCC2)o1. The molecule has 1 aromatic heterocycles. The van der Waals surface area contributed by atoms with E-state index in [2.05, 4.69) is 4.98 Å². The van der Waals surface area contributed by atoms with Crippen molar-refractivity contribution in [1.29, 1.82) is 0 Å². The summed E-state index contributed by atoms with van der Waals surface area (Å²) in [5, 5.41) is 11.5. The van der Waals surface area contributed by atoms with E-state index in [0.29, 0.717) is 5.89 Å². The van der Waals surface area contributed by atoms with Crippen LogP contribution in [0, 0.1) is 5.92 Å². The van der Waals surface area contributed by atoms with Gasteiger partial charge >= 0.3 is 0 Å². The molecule has 1 fully saturated rings. The van der Waals surface area contributed by atoms with E-state index in [-0.39, 0.29) is 5.92 Å². The maximum Gasteiger partial charge on any atom is 0.231 e. The molecule has 1 saturated carbocycles. The molecule has 1 aromatic carbocycles. The highest BCUT2D eigenvalue weighted by Crippen LogP contribution is 2.43. The number of aromatic nitrogens is 1. The minimum atomic E-state index is -1.10. The summed E-state index contributed by atoms with van der Waals surface area (Å²) in [6.45, 7) is 2.03. The van der Waals surface area contributed by atoms with Crippen molar-refractivity contribution in [1.82, 2.24) is 4.98 Å². The first-order valence-electron chi connectivity index (χ1n) is 7.98. The molecule has 112 valence electrons. The average Bonchev–Trinajstić information content (AvgIpc) is 3.05. The average molecular weight is 285 g/mol. The summed E-state index contributed by atoms with van der Waals surface area (Å²) in [5.74, 6) is 1.46. The van der Waals surface area contributed by atoms with Gasteiger partial charge in [0.05, 0.1) is 6.20 Å². The summed E-state index contributed by atoms with van der Waals surface area (Å²) in [6, 6.07) is 9.85. The Labute approximate surface area is 126 Å². The van der Waals surface area contributed by atoms with E-state index in [0.717, 1.165) is 30.6 Å². The zero-order valence-electron chi connectivity index (χ0n) is 12.6. The fraction of sp³-hybridized carbons (Fsp3) is 0.500. The van der Waals surface area contributed by atoms with Gasteiger partial charge < -0.3 is 9.52 Å². The first kappa shape index (κ1) is 14.3.